The number of rotatable bonds is 8. The molecule has 20 heavy (non-hydrogen) atoms. The first-order valence-electron chi connectivity index (χ1n) is 6.78. The normalized spacial score (nSPS) is 10.2. The Hall–Kier alpha value is -1.55. The van der Waals surface area contributed by atoms with Crippen molar-refractivity contribution in [3.05, 3.63) is 23.8 Å². The Morgan fingerprint density at radius 2 is 2.05 bits per heavy atom. The molecule has 1 rings (SSSR count). The lowest BCUT2D eigenvalue weighted by atomic mass is 10.1. The van der Waals surface area contributed by atoms with Gasteiger partial charge in [-0.1, -0.05) is 13.3 Å². The molecule has 0 aliphatic rings. The second kappa shape index (κ2) is 8.59. The largest absolute Gasteiger partial charge is 0.492 e. The summed E-state index contributed by atoms with van der Waals surface area (Å²) in [6, 6.07) is 4.93. The third kappa shape index (κ3) is 4.85. The molecule has 0 saturated heterocycles. The van der Waals surface area contributed by atoms with Crippen molar-refractivity contribution in [1.29, 1.82) is 0 Å². The van der Waals surface area contributed by atoms with Gasteiger partial charge < -0.3 is 10.1 Å². The van der Waals surface area contributed by atoms with Gasteiger partial charge in [0.25, 0.3) is 0 Å². The highest BCUT2D eigenvalue weighted by atomic mass is 35.5. The van der Waals surface area contributed by atoms with Gasteiger partial charge in [0.2, 0.25) is 5.91 Å². The zero-order valence-corrected chi connectivity index (χ0v) is 12.6. The van der Waals surface area contributed by atoms with Crippen LogP contribution < -0.4 is 10.1 Å². The molecule has 0 radical (unpaired) electrons. The summed E-state index contributed by atoms with van der Waals surface area (Å²) in [5.74, 6) is 0.197. The van der Waals surface area contributed by atoms with E-state index < -0.39 is 0 Å². The van der Waals surface area contributed by atoms with E-state index in [1.54, 1.807) is 18.2 Å². The molecule has 0 aliphatic heterocycles. The van der Waals surface area contributed by atoms with Gasteiger partial charge in [-0.25, -0.2) is 0 Å². The van der Waals surface area contributed by atoms with Gasteiger partial charge in [-0.15, -0.1) is 11.6 Å². The van der Waals surface area contributed by atoms with E-state index in [1.807, 2.05) is 13.8 Å². The summed E-state index contributed by atoms with van der Waals surface area (Å²) in [5.41, 5.74) is 1.06. The number of carbonyl (C=O) groups excluding carboxylic acids is 2. The molecule has 0 heterocycles. The van der Waals surface area contributed by atoms with Crippen molar-refractivity contribution in [2.75, 3.05) is 17.8 Å². The zero-order chi connectivity index (χ0) is 15.0. The van der Waals surface area contributed by atoms with Crippen LogP contribution in [0.15, 0.2) is 18.2 Å². The third-order valence-corrected chi connectivity index (χ3v) is 3.00. The quantitative estimate of drug-likeness (QED) is 0.589. The van der Waals surface area contributed by atoms with Gasteiger partial charge in [-0.3, -0.25) is 9.59 Å². The first kappa shape index (κ1) is 16.5. The number of nitrogens with one attached hydrogen (secondary N) is 1. The second-order valence-corrected chi connectivity index (χ2v) is 4.62. The molecule has 0 aliphatic carbocycles. The zero-order valence-electron chi connectivity index (χ0n) is 11.9. The third-order valence-electron chi connectivity index (χ3n) is 2.76. The van der Waals surface area contributed by atoms with Gasteiger partial charge in [0, 0.05) is 12.0 Å². The monoisotopic (exact) mass is 297 g/mol. The molecule has 1 N–H and O–H groups in total. The van der Waals surface area contributed by atoms with Gasteiger partial charge in [0.1, 0.15) is 5.75 Å². The molecular formula is C15H20ClNO3. The Morgan fingerprint density at radius 3 is 2.65 bits per heavy atom. The Bertz CT molecular complexity index is 474. The van der Waals surface area contributed by atoms with Gasteiger partial charge in [0.05, 0.1) is 18.2 Å². The second-order valence-electron chi connectivity index (χ2n) is 4.35. The maximum atomic E-state index is 11.7. The lowest BCUT2D eigenvalue weighted by Crippen LogP contribution is -2.13. The minimum Gasteiger partial charge on any atom is -0.492 e. The fourth-order valence-electron chi connectivity index (χ4n) is 1.70. The molecule has 0 fully saturated rings. The Balaban J connectivity index is 2.89. The predicted octanol–water partition coefficient (Wildman–Crippen LogP) is 3.64. The SMILES string of the molecule is CCCCC(=O)Nc1ccc(C(=O)CCl)cc1OCC. The van der Waals surface area contributed by atoms with Gasteiger partial charge in [-0.05, 0) is 31.5 Å². The minimum atomic E-state index is -0.170. The van der Waals surface area contributed by atoms with Crippen molar-refractivity contribution in [3.8, 4) is 5.75 Å². The van der Waals surface area contributed by atoms with Crippen LogP contribution in [0.4, 0.5) is 5.69 Å². The first-order chi connectivity index (χ1) is 9.62. The number of carbonyl (C=O) groups is 2. The summed E-state index contributed by atoms with van der Waals surface area (Å²) in [7, 11) is 0. The maximum absolute atomic E-state index is 11.7. The smallest absolute Gasteiger partial charge is 0.224 e. The number of ether oxygens (including phenoxy) is 1. The molecule has 0 unspecified atom stereocenters. The Labute approximate surface area is 124 Å². The van der Waals surface area contributed by atoms with Crippen molar-refractivity contribution in [2.45, 2.75) is 33.1 Å². The number of ketones is 1. The average molecular weight is 298 g/mol. The molecule has 0 atom stereocenters. The molecule has 0 bridgehead atoms. The molecular weight excluding hydrogens is 278 g/mol. The van der Waals surface area contributed by atoms with E-state index in [4.69, 9.17) is 16.3 Å². The van der Waals surface area contributed by atoms with E-state index in [0.29, 0.717) is 30.0 Å². The Kier molecular flexibility index (Phi) is 7.09. The van der Waals surface area contributed by atoms with Crippen LogP contribution >= 0.6 is 11.6 Å². The van der Waals surface area contributed by atoms with E-state index >= 15 is 0 Å². The van der Waals surface area contributed by atoms with Crippen LogP contribution in [0.25, 0.3) is 0 Å². The summed E-state index contributed by atoms with van der Waals surface area (Å²) < 4.78 is 5.47. The topological polar surface area (TPSA) is 55.4 Å². The van der Waals surface area contributed by atoms with E-state index in [9.17, 15) is 9.59 Å². The van der Waals surface area contributed by atoms with Crippen molar-refractivity contribution in [3.63, 3.8) is 0 Å². The molecule has 4 nitrogen and oxygen atoms in total. The highest BCUT2D eigenvalue weighted by Gasteiger charge is 2.11. The summed E-state index contributed by atoms with van der Waals surface area (Å²) in [4.78, 5) is 23.3. The van der Waals surface area contributed by atoms with Crippen molar-refractivity contribution >= 4 is 29.0 Å². The lowest BCUT2D eigenvalue weighted by molar-refractivity contribution is -0.116. The molecule has 0 spiro atoms. The number of unbranched alkanes of at least 4 members (excludes halogenated alkanes) is 1. The molecule has 5 heteroatoms. The molecule has 110 valence electrons. The van der Waals surface area contributed by atoms with E-state index in [-0.39, 0.29) is 17.6 Å². The fourth-order valence-corrected chi connectivity index (χ4v) is 1.86. The number of alkyl halides is 1. The van der Waals surface area contributed by atoms with E-state index in [1.165, 1.54) is 0 Å². The fraction of sp³-hybridized carbons (Fsp3) is 0.467. The maximum Gasteiger partial charge on any atom is 0.224 e. The number of amides is 1. The van der Waals surface area contributed by atoms with Crippen LogP contribution in [0.3, 0.4) is 0 Å². The van der Waals surface area contributed by atoms with E-state index in [2.05, 4.69) is 5.32 Å². The highest BCUT2D eigenvalue weighted by Crippen LogP contribution is 2.26. The standard InChI is InChI=1S/C15H20ClNO3/c1-3-5-6-15(19)17-12-8-7-11(13(18)10-16)9-14(12)20-4-2/h7-9H,3-6,10H2,1-2H3,(H,17,19). The lowest BCUT2D eigenvalue weighted by Gasteiger charge is -2.12. The van der Waals surface area contributed by atoms with Crippen LogP contribution in [-0.4, -0.2) is 24.2 Å². The summed E-state index contributed by atoms with van der Waals surface area (Å²) >= 11 is 5.54. The van der Waals surface area contributed by atoms with Crippen molar-refractivity contribution < 1.29 is 14.3 Å². The van der Waals surface area contributed by atoms with Gasteiger partial charge in [-0.2, -0.15) is 0 Å². The average Bonchev–Trinajstić information content (AvgIpc) is 2.46. The first-order valence-corrected chi connectivity index (χ1v) is 7.31. The minimum absolute atomic E-state index is 0.0516. The number of benzene rings is 1. The van der Waals surface area contributed by atoms with Gasteiger partial charge >= 0.3 is 0 Å². The number of Topliss-reactive ketones (excluding diaryl/α,β-unsaturated/α-hetero) is 1. The molecule has 1 aromatic rings. The molecule has 0 saturated carbocycles. The predicted molar refractivity (Wildman–Crippen MR) is 80.8 cm³/mol. The summed E-state index contributed by atoms with van der Waals surface area (Å²) in [5, 5.41) is 2.81. The van der Waals surface area contributed by atoms with Crippen LogP contribution in [-0.2, 0) is 4.79 Å². The van der Waals surface area contributed by atoms with Crippen molar-refractivity contribution in [2.24, 2.45) is 0 Å². The molecule has 1 aromatic carbocycles. The van der Waals surface area contributed by atoms with Crippen molar-refractivity contribution in [1.82, 2.24) is 0 Å². The van der Waals surface area contributed by atoms with Crippen LogP contribution in [0, 0.1) is 0 Å². The molecule has 0 aromatic heterocycles. The highest BCUT2D eigenvalue weighted by molar-refractivity contribution is 6.30. The van der Waals surface area contributed by atoms with Crippen LogP contribution in [0.1, 0.15) is 43.5 Å². The molecule has 1 amide bonds. The van der Waals surface area contributed by atoms with E-state index in [0.717, 1.165) is 12.8 Å². The summed E-state index contributed by atoms with van der Waals surface area (Å²) in [6.45, 7) is 4.33. The summed E-state index contributed by atoms with van der Waals surface area (Å²) in [6.07, 6.45) is 2.29. The van der Waals surface area contributed by atoms with Crippen LogP contribution in [0.2, 0.25) is 0 Å². The number of anilines is 1. The Morgan fingerprint density at radius 1 is 1.30 bits per heavy atom. The van der Waals surface area contributed by atoms with Crippen LogP contribution in [0.5, 0.6) is 5.75 Å². The van der Waals surface area contributed by atoms with Gasteiger partial charge in [0.15, 0.2) is 5.78 Å². The number of hydrogen-bond acceptors (Lipinski definition) is 3. The number of halogens is 1. The number of hydrogen-bond donors (Lipinski definition) is 1.